The van der Waals surface area contributed by atoms with E-state index in [0.29, 0.717) is 11.3 Å². The van der Waals surface area contributed by atoms with Crippen LogP contribution in [0, 0.1) is 5.82 Å². The van der Waals surface area contributed by atoms with Crippen molar-refractivity contribution in [1.29, 1.82) is 0 Å². The molecular weight excluding hydrogens is 294 g/mol. The molecule has 0 N–H and O–H groups in total. The molecule has 2 aromatic rings. The van der Waals surface area contributed by atoms with Gasteiger partial charge in [0.05, 0.1) is 21.3 Å². The predicted molar refractivity (Wildman–Crippen MR) is 87.2 cm³/mol. The van der Waals surface area contributed by atoms with Crippen molar-refractivity contribution in [3.8, 4) is 17.2 Å². The summed E-state index contributed by atoms with van der Waals surface area (Å²) in [6, 6.07) is 10.7. The summed E-state index contributed by atoms with van der Waals surface area (Å²) in [4.78, 5) is 0. The molecule has 0 saturated carbocycles. The average molecular weight is 311 g/mol. The Labute approximate surface area is 152 Å². The fourth-order valence-electron chi connectivity index (χ4n) is 1.94. The molecule has 1 radical (unpaired) electrons. The Morgan fingerprint density at radius 2 is 1.45 bits per heavy atom. The van der Waals surface area contributed by atoms with E-state index in [9.17, 15) is 4.39 Å². The molecule has 0 amide bonds. The van der Waals surface area contributed by atoms with Gasteiger partial charge in [0.2, 0.25) is 0 Å². The summed E-state index contributed by atoms with van der Waals surface area (Å²) in [5.41, 5.74) is 1.69. The quantitative estimate of drug-likeness (QED) is 0.623. The van der Waals surface area contributed by atoms with Crippen molar-refractivity contribution in [1.82, 2.24) is 0 Å². The topological polar surface area (TPSA) is 27.7 Å². The molecule has 0 bridgehead atoms. The molecule has 2 aromatic carbocycles. The first-order chi connectivity index (χ1) is 10.2. The minimum Gasteiger partial charge on any atom is -0.497 e. The number of hydrogen-bond donors (Lipinski definition) is 0. The van der Waals surface area contributed by atoms with Crippen molar-refractivity contribution in [3.63, 3.8) is 0 Å². The minimum absolute atomic E-state index is 0. The van der Waals surface area contributed by atoms with Crippen LogP contribution in [0.4, 0.5) is 4.39 Å². The summed E-state index contributed by atoms with van der Waals surface area (Å²) in [5.74, 6) is 0.821. The van der Waals surface area contributed by atoms with Crippen LogP contribution in [-0.4, -0.2) is 50.9 Å². The Morgan fingerprint density at radius 1 is 0.818 bits per heavy atom. The van der Waals surface area contributed by atoms with Crippen LogP contribution in [0.2, 0.25) is 0 Å². The Hall–Kier alpha value is -1.49. The Kier molecular flexibility index (Phi) is 7.45. The molecule has 0 atom stereocenters. The molecular formula is C17H17FNaO3. The van der Waals surface area contributed by atoms with Gasteiger partial charge in [0, 0.05) is 29.6 Å². The van der Waals surface area contributed by atoms with E-state index in [0.717, 1.165) is 11.3 Å². The number of ether oxygens (including phenoxy) is 3. The van der Waals surface area contributed by atoms with E-state index in [2.05, 4.69) is 0 Å². The van der Waals surface area contributed by atoms with Crippen LogP contribution in [0.25, 0.3) is 12.2 Å². The van der Waals surface area contributed by atoms with Crippen LogP contribution in [0.15, 0.2) is 36.4 Å². The molecule has 111 valence electrons. The molecule has 0 heterocycles. The second kappa shape index (κ2) is 8.83. The fourth-order valence-corrected chi connectivity index (χ4v) is 1.94. The maximum Gasteiger partial charge on any atom is 0.196 e. The van der Waals surface area contributed by atoms with Crippen molar-refractivity contribution in [2.45, 2.75) is 0 Å². The summed E-state index contributed by atoms with van der Waals surface area (Å²) in [6.07, 6.45) is 3.70. The predicted octanol–water partition coefficient (Wildman–Crippen LogP) is 3.64. The van der Waals surface area contributed by atoms with Gasteiger partial charge in [-0.3, -0.25) is 0 Å². The van der Waals surface area contributed by atoms with Gasteiger partial charge in [0.15, 0.2) is 17.3 Å². The van der Waals surface area contributed by atoms with E-state index in [-0.39, 0.29) is 35.3 Å². The van der Waals surface area contributed by atoms with Crippen LogP contribution in [0.1, 0.15) is 11.1 Å². The molecule has 22 heavy (non-hydrogen) atoms. The third kappa shape index (κ3) is 4.50. The normalized spacial score (nSPS) is 10.2. The van der Waals surface area contributed by atoms with Crippen molar-refractivity contribution in [2.75, 3.05) is 21.3 Å². The smallest absolute Gasteiger partial charge is 0.196 e. The van der Waals surface area contributed by atoms with Gasteiger partial charge in [0.25, 0.3) is 0 Å². The van der Waals surface area contributed by atoms with Gasteiger partial charge >= 0.3 is 0 Å². The summed E-state index contributed by atoms with van der Waals surface area (Å²) in [5, 5.41) is 0. The van der Waals surface area contributed by atoms with Crippen LogP contribution in [0.3, 0.4) is 0 Å². The number of methoxy groups -OCH3 is 3. The van der Waals surface area contributed by atoms with Gasteiger partial charge in [-0.15, -0.1) is 0 Å². The summed E-state index contributed by atoms with van der Waals surface area (Å²) in [6.45, 7) is 0. The molecule has 0 aromatic heterocycles. The average Bonchev–Trinajstić information content (AvgIpc) is 2.52. The first-order valence-corrected chi connectivity index (χ1v) is 6.41. The van der Waals surface area contributed by atoms with E-state index in [1.54, 1.807) is 13.2 Å². The first kappa shape index (κ1) is 18.6. The van der Waals surface area contributed by atoms with Crippen molar-refractivity contribution in [2.24, 2.45) is 0 Å². The van der Waals surface area contributed by atoms with Gasteiger partial charge in [-0.25, -0.2) is 4.39 Å². The number of rotatable bonds is 5. The molecule has 0 unspecified atom stereocenters. The van der Waals surface area contributed by atoms with E-state index in [1.807, 2.05) is 36.4 Å². The van der Waals surface area contributed by atoms with Crippen LogP contribution >= 0.6 is 0 Å². The maximum atomic E-state index is 13.9. The second-order valence-electron chi connectivity index (χ2n) is 4.34. The van der Waals surface area contributed by atoms with E-state index in [4.69, 9.17) is 14.2 Å². The molecule has 2 rings (SSSR count). The Morgan fingerprint density at radius 3 is 2.00 bits per heavy atom. The zero-order valence-electron chi connectivity index (χ0n) is 13.2. The second-order valence-corrected chi connectivity index (χ2v) is 4.34. The minimum atomic E-state index is -0.453. The standard InChI is InChI=1S/C17H17FO3.Na/c1-19-14-8-6-12(7-9-14)4-5-13-10-15(18)17(21-3)16(11-13)20-2;/h4-11H,1-3H3;/b5-4-;. The monoisotopic (exact) mass is 311 g/mol. The number of benzene rings is 2. The summed E-state index contributed by atoms with van der Waals surface area (Å²) < 4.78 is 29.1. The SMILES string of the molecule is COc1ccc(/C=C\c2cc(F)c(OC)c(OC)c2)cc1.[Na]. The molecule has 0 saturated heterocycles. The number of halogens is 1. The molecule has 0 aliphatic carbocycles. The number of hydrogen-bond acceptors (Lipinski definition) is 3. The molecule has 5 heteroatoms. The van der Waals surface area contributed by atoms with Gasteiger partial charge in [-0.1, -0.05) is 24.3 Å². The van der Waals surface area contributed by atoms with E-state index in [1.165, 1.54) is 20.3 Å². The molecule has 0 fully saturated rings. The third-order valence-electron chi connectivity index (χ3n) is 3.04. The zero-order valence-corrected chi connectivity index (χ0v) is 15.2. The van der Waals surface area contributed by atoms with Crippen molar-refractivity contribution >= 4 is 41.7 Å². The van der Waals surface area contributed by atoms with Crippen LogP contribution in [0.5, 0.6) is 17.2 Å². The Bertz CT molecular complexity index is 639. The van der Waals surface area contributed by atoms with Gasteiger partial charge < -0.3 is 14.2 Å². The molecule has 3 nitrogen and oxygen atoms in total. The molecule has 0 aliphatic heterocycles. The summed E-state index contributed by atoms with van der Waals surface area (Å²) in [7, 11) is 4.51. The molecule has 0 aliphatic rings. The molecule has 0 spiro atoms. The van der Waals surface area contributed by atoms with Crippen molar-refractivity contribution < 1.29 is 18.6 Å². The third-order valence-corrected chi connectivity index (χ3v) is 3.04. The van der Waals surface area contributed by atoms with Gasteiger partial charge in [0.1, 0.15) is 5.75 Å². The van der Waals surface area contributed by atoms with Crippen molar-refractivity contribution in [3.05, 3.63) is 53.3 Å². The fraction of sp³-hybridized carbons (Fsp3) is 0.176. The van der Waals surface area contributed by atoms with Gasteiger partial charge in [-0.05, 0) is 35.4 Å². The van der Waals surface area contributed by atoms with Crippen LogP contribution < -0.4 is 14.2 Å². The van der Waals surface area contributed by atoms with E-state index < -0.39 is 5.82 Å². The largest absolute Gasteiger partial charge is 0.497 e. The van der Waals surface area contributed by atoms with Crippen LogP contribution in [-0.2, 0) is 0 Å². The maximum absolute atomic E-state index is 13.9. The first-order valence-electron chi connectivity index (χ1n) is 6.41. The summed E-state index contributed by atoms with van der Waals surface area (Å²) >= 11 is 0. The zero-order chi connectivity index (χ0) is 15.2. The van der Waals surface area contributed by atoms with E-state index >= 15 is 0 Å². The van der Waals surface area contributed by atoms with Gasteiger partial charge in [-0.2, -0.15) is 0 Å². The Balaban J connectivity index is 0.00000242.